The molecule has 0 aromatic rings. The average molecular weight is 236 g/mol. The fourth-order valence-corrected chi connectivity index (χ4v) is 2.87. The monoisotopic (exact) mass is 236 g/mol. The highest BCUT2D eigenvalue weighted by molar-refractivity contribution is 4.93. The van der Waals surface area contributed by atoms with Gasteiger partial charge in [-0.15, -0.1) is 0 Å². The number of piperidine rings is 1. The van der Waals surface area contributed by atoms with E-state index in [1.54, 1.807) is 0 Å². The Kier molecular flexibility index (Phi) is 3.45. The quantitative estimate of drug-likeness (QED) is 0.789. The van der Waals surface area contributed by atoms with Gasteiger partial charge in [0.1, 0.15) is 0 Å². The van der Waals surface area contributed by atoms with Gasteiger partial charge >= 0.3 is 6.18 Å². The Morgan fingerprint density at radius 1 is 1.12 bits per heavy atom. The number of rotatable bonds is 2. The van der Waals surface area contributed by atoms with E-state index in [1.165, 1.54) is 0 Å². The van der Waals surface area contributed by atoms with E-state index in [4.69, 9.17) is 0 Å². The van der Waals surface area contributed by atoms with Gasteiger partial charge in [-0.05, 0) is 44.3 Å². The predicted molar refractivity (Wildman–Crippen MR) is 56.3 cm³/mol. The molecule has 2 rings (SSSR count). The molecule has 0 aromatic carbocycles. The van der Waals surface area contributed by atoms with Crippen molar-refractivity contribution in [3.63, 3.8) is 0 Å². The van der Waals surface area contributed by atoms with Crippen molar-refractivity contribution >= 4 is 0 Å². The molecule has 2 aliphatic rings. The molecule has 0 bridgehead atoms. The lowest BCUT2D eigenvalue weighted by molar-refractivity contribution is -0.137. The lowest BCUT2D eigenvalue weighted by Gasteiger charge is -2.34. The van der Waals surface area contributed by atoms with Crippen LogP contribution in [-0.2, 0) is 0 Å². The molecule has 94 valence electrons. The molecule has 0 aromatic heterocycles. The smallest absolute Gasteiger partial charge is 0.317 e. The normalized spacial score (nSPS) is 26.4. The molecule has 0 atom stereocenters. The Morgan fingerprint density at radius 2 is 1.81 bits per heavy atom. The van der Waals surface area contributed by atoms with Gasteiger partial charge in [0.05, 0.1) is 6.42 Å². The van der Waals surface area contributed by atoms with Gasteiger partial charge in [0.25, 0.3) is 0 Å². The third-order valence-corrected chi connectivity index (χ3v) is 3.89. The molecule has 16 heavy (non-hydrogen) atoms. The first kappa shape index (κ1) is 12.2. The van der Waals surface area contributed by atoms with Gasteiger partial charge in [-0.2, -0.15) is 13.2 Å². The first-order valence-electron chi connectivity index (χ1n) is 5.99. The number of halogens is 3. The summed E-state index contributed by atoms with van der Waals surface area (Å²) < 4.78 is 36.3. The summed E-state index contributed by atoms with van der Waals surface area (Å²) >= 11 is 0. The van der Waals surface area contributed by atoms with Crippen LogP contribution in [0.5, 0.6) is 0 Å². The molecule has 2 heterocycles. The molecule has 0 saturated carbocycles. The van der Waals surface area contributed by atoms with Gasteiger partial charge in [-0.1, -0.05) is 0 Å². The summed E-state index contributed by atoms with van der Waals surface area (Å²) in [6, 6.07) is 0. The lowest BCUT2D eigenvalue weighted by Crippen LogP contribution is -2.39. The third-order valence-electron chi connectivity index (χ3n) is 3.89. The van der Waals surface area contributed by atoms with Gasteiger partial charge in [-0.25, -0.2) is 0 Å². The molecule has 1 spiro atoms. The second-order valence-electron chi connectivity index (χ2n) is 5.14. The molecule has 2 nitrogen and oxygen atoms in total. The van der Waals surface area contributed by atoms with E-state index in [2.05, 4.69) is 5.32 Å². The standard InChI is InChI=1S/C11H19F3N2/c12-11(13,14)4-8-16-7-3-10(9-16)1-5-15-6-2-10/h15H,1-9H2. The predicted octanol–water partition coefficient (Wildman–Crippen LogP) is 2.01. The zero-order chi connectivity index (χ0) is 11.6. The molecule has 2 aliphatic heterocycles. The van der Waals surface area contributed by atoms with E-state index in [1.807, 2.05) is 4.90 Å². The fourth-order valence-electron chi connectivity index (χ4n) is 2.87. The molecule has 0 aliphatic carbocycles. The van der Waals surface area contributed by atoms with Crippen LogP contribution >= 0.6 is 0 Å². The maximum Gasteiger partial charge on any atom is 0.390 e. The van der Waals surface area contributed by atoms with Crippen molar-refractivity contribution in [1.82, 2.24) is 10.2 Å². The van der Waals surface area contributed by atoms with E-state index in [-0.39, 0.29) is 6.54 Å². The van der Waals surface area contributed by atoms with E-state index >= 15 is 0 Å². The van der Waals surface area contributed by atoms with Crippen LogP contribution in [0.25, 0.3) is 0 Å². The van der Waals surface area contributed by atoms with E-state index in [0.29, 0.717) is 5.41 Å². The maximum absolute atomic E-state index is 12.1. The molecule has 2 saturated heterocycles. The summed E-state index contributed by atoms with van der Waals surface area (Å²) in [6.45, 7) is 3.93. The summed E-state index contributed by atoms with van der Waals surface area (Å²) in [5, 5.41) is 3.31. The van der Waals surface area contributed by atoms with Gasteiger partial charge < -0.3 is 10.2 Å². The highest BCUT2D eigenvalue weighted by Crippen LogP contribution is 2.38. The zero-order valence-electron chi connectivity index (χ0n) is 9.45. The third kappa shape index (κ3) is 3.10. The Labute approximate surface area is 94.2 Å². The number of hydrogen-bond acceptors (Lipinski definition) is 2. The lowest BCUT2D eigenvalue weighted by atomic mass is 9.78. The number of nitrogens with zero attached hydrogens (tertiary/aromatic N) is 1. The van der Waals surface area contributed by atoms with Crippen molar-refractivity contribution in [2.75, 3.05) is 32.7 Å². The summed E-state index contributed by atoms with van der Waals surface area (Å²) in [4.78, 5) is 1.98. The van der Waals surface area contributed by atoms with E-state index < -0.39 is 12.6 Å². The first-order chi connectivity index (χ1) is 7.49. The van der Waals surface area contributed by atoms with Crippen LogP contribution in [0.1, 0.15) is 25.7 Å². The zero-order valence-corrected chi connectivity index (χ0v) is 9.45. The number of likely N-dealkylation sites (tertiary alicyclic amines) is 1. The van der Waals surface area contributed by atoms with Gasteiger partial charge in [0.15, 0.2) is 0 Å². The minimum atomic E-state index is -4.01. The van der Waals surface area contributed by atoms with Crippen molar-refractivity contribution in [2.24, 2.45) is 5.41 Å². The summed E-state index contributed by atoms with van der Waals surface area (Å²) in [6.07, 6.45) is -1.36. The SMILES string of the molecule is FC(F)(F)CCN1CCC2(CCNCC2)C1. The molecular weight excluding hydrogens is 217 g/mol. The number of nitrogens with one attached hydrogen (secondary N) is 1. The molecule has 0 unspecified atom stereocenters. The Morgan fingerprint density at radius 3 is 2.44 bits per heavy atom. The van der Waals surface area contributed by atoms with Crippen molar-refractivity contribution in [3.05, 3.63) is 0 Å². The molecule has 0 radical (unpaired) electrons. The summed E-state index contributed by atoms with van der Waals surface area (Å²) in [5.41, 5.74) is 0.316. The summed E-state index contributed by atoms with van der Waals surface area (Å²) in [5.74, 6) is 0. The second-order valence-corrected chi connectivity index (χ2v) is 5.14. The number of hydrogen-bond donors (Lipinski definition) is 1. The highest BCUT2D eigenvalue weighted by Gasteiger charge is 2.39. The highest BCUT2D eigenvalue weighted by atomic mass is 19.4. The summed E-state index contributed by atoms with van der Waals surface area (Å²) in [7, 11) is 0. The van der Waals surface area contributed by atoms with Crippen LogP contribution in [-0.4, -0.2) is 43.8 Å². The van der Waals surface area contributed by atoms with Crippen molar-refractivity contribution < 1.29 is 13.2 Å². The van der Waals surface area contributed by atoms with Crippen LogP contribution in [0, 0.1) is 5.41 Å². The molecule has 0 amide bonds. The number of alkyl halides is 3. The Bertz CT molecular complexity index is 234. The topological polar surface area (TPSA) is 15.3 Å². The van der Waals surface area contributed by atoms with Gasteiger partial charge in [0, 0.05) is 13.1 Å². The second kappa shape index (κ2) is 4.53. The van der Waals surface area contributed by atoms with Crippen molar-refractivity contribution in [3.8, 4) is 0 Å². The molecule has 5 heteroatoms. The molecule has 1 N–H and O–H groups in total. The van der Waals surface area contributed by atoms with Crippen molar-refractivity contribution in [2.45, 2.75) is 31.9 Å². The van der Waals surface area contributed by atoms with Crippen LogP contribution < -0.4 is 5.32 Å². The van der Waals surface area contributed by atoms with Gasteiger partial charge in [0.2, 0.25) is 0 Å². The van der Waals surface area contributed by atoms with Crippen LogP contribution in [0.15, 0.2) is 0 Å². The Balaban J connectivity index is 1.79. The largest absolute Gasteiger partial charge is 0.390 e. The van der Waals surface area contributed by atoms with Gasteiger partial charge in [-0.3, -0.25) is 0 Å². The minimum absolute atomic E-state index is 0.179. The van der Waals surface area contributed by atoms with Crippen LogP contribution in [0.3, 0.4) is 0 Å². The maximum atomic E-state index is 12.1. The van der Waals surface area contributed by atoms with E-state index in [0.717, 1.165) is 45.4 Å². The average Bonchev–Trinajstić information content (AvgIpc) is 2.59. The fraction of sp³-hybridized carbons (Fsp3) is 1.00. The van der Waals surface area contributed by atoms with Crippen LogP contribution in [0.2, 0.25) is 0 Å². The molecule has 2 fully saturated rings. The minimum Gasteiger partial charge on any atom is -0.317 e. The molecular formula is C11H19F3N2. The Hall–Kier alpha value is -0.290. The first-order valence-corrected chi connectivity index (χ1v) is 5.99. The van der Waals surface area contributed by atoms with Crippen LogP contribution in [0.4, 0.5) is 13.2 Å². The van der Waals surface area contributed by atoms with E-state index in [9.17, 15) is 13.2 Å². The van der Waals surface area contributed by atoms with Crippen molar-refractivity contribution in [1.29, 1.82) is 0 Å².